The summed E-state index contributed by atoms with van der Waals surface area (Å²) in [5, 5.41) is 15.7. The van der Waals surface area contributed by atoms with E-state index >= 15 is 0 Å². The first kappa shape index (κ1) is 26.1. The Bertz CT molecular complexity index is 1030. The summed E-state index contributed by atoms with van der Waals surface area (Å²) in [5.74, 6) is -3.01. The predicted molar refractivity (Wildman–Crippen MR) is 108 cm³/mol. The topological polar surface area (TPSA) is 103 Å². The minimum absolute atomic E-state index is 0. The third-order valence-corrected chi connectivity index (χ3v) is 3.60. The molecule has 0 unspecified atom stereocenters. The molecule has 0 bridgehead atoms. The summed E-state index contributed by atoms with van der Waals surface area (Å²) in [6.07, 6.45) is -4.75. The molecule has 0 amide bonds. The summed E-state index contributed by atoms with van der Waals surface area (Å²) in [4.78, 5) is 10.8. The second-order valence-electron chi connectivity index (χ2n) is 6.40. The fraction of sp³-hybridized carbons (Fsp3) is 0.316. The minimum atomic E-state index is -4.75. The van der Waals surface area contributed by atoms with Gasteiger partial charge in [-0.1, -0.05) is 38.1 Å². The number of halogens is 5. The van der Waals surface area contributed by atoms with Crippen molar-refractivity contribution in [2.45, 2.75) is 40.0 Å². The zero-order chi connectivity index (χ0) is 22.6. The number of benzene rings is 2. The number of nitrogens with zero attached hydrogens (tertiary/aromatic N) is 3. The van der Waals surface area contributed by atoms with Crippen molar-refractivity contribution in [3.05, 3.63) is 46.7 Å². The second-order valence-corrected chi connectivity index (χ2v) is 6.81. The van der Waals surface area contributed by atoms with Crippen molar-refractivity contribution < 1.29 is 32.2 Å². The molecule has 0 saturated heterocycles. The molecule has 170 valence electrons. The highest BCUT2D eigenvalue weighted by molar-refractivity contribution is 6.32. The van der Waals surface area contributed by atoms with E-state index in [1.165, 1.54) is 18.2 Å². The summed E-state index contributed by atoms with van der Waals surface area (Å²) in [6, 6.07) is 5.29. The molecule has 7 nitrogen and oxygen atoms in total. The fourth-order valence-electron chi connectivity index (χ4n) is 2.19. The molecule has 3 rings (SSSR count). The van der Waals surface area contributed by atoms with Gasteiger partial charge in [0.1, 0.15) is 17.8 Å². The summed E-state index contributed by atoms with van der Waals surface area (Å²) >= 11 is 5.72. The van der Waals surface area contributed by atoms with Crippen LogP contribution in [0.25, 0.3) is 11.0 Å². The number of fused-ring (bicyclic) bond motifs is 1. The molecular weight excluding hydrogens is 444 g/mol. The lowest BCUT2D eigenvalue weighted by molar-refractivity contribution is -0.138. The van der Waals surface area contributed by atoms with Crippen LogP contribution in [0.5, 0.6) is 11.5 Å². The lowest BCUT2D eigenvalue weighted by Gasteiger charge is -2.12. The molecule has 1 heterocycles. The van der Waals surface area contributed by atoms with Crippen molar-refractivity contribution in [2.75, 3.05) is 0 Å². The van der Waals surface area contributed by atoms with Gasteiger partial charge in [0.25, 0.3) is 0 Å². The number of aliphatic carboxylic acids is 1. The van der Waals surface area contributed by atoms with Crippen molar-refractivity contribution in [1.82, 2.24) is 15.0 Å². The minimum Gasteiger partial charge on any atom is -0.480 e. The van der Waals surface area contributed by atoms with E-state index in [0.29, 0.717) is 17.6 Å². The van der Waals surface area contributed by atoms with E-state index in [1.807, 2.05) is 13.8 Å². The van der Waals surface area contributed by atoms with Gasteiger partial charge in [-0.3, -0.25) is 4.79 Å². The molecule has 0 aliphatic rings. The van der Waals surface area contributed by atoms with Gasteiger partial charge in [0, 0.05) is 6.07 Å². The third kappa shape index (κ3) is 7.07. The Morgan fingerprint density at radius 1 is 1.29 bits per heavy atom. The summed E-state index contributed by atoms with van der Waals surface area (Å²) in [7, 11) is 0. The first-order valence-electron chi connectivity index (χ1n) is 8.43. The Balaban J connectivity index is 0.000000885. The van der Waals surface area contributed by atoms with E-state index in [4.69, 9.17) is 27.2 Å². The van der Waals surface area contributed by atoms with E-state index in [0.717, 1.165) is 4.68 Å². The molecule has 2 aromatic carbocycles. The zero-order valence-corrected chi connectivity index (χ0v) is 16.5. The van der Waals surface area contributed by atoms with Crippen LogP contribution >= 0.6 is 11.6 Å². The molecule has 0 radical (unpaired) electrons. The van der Waals surface area contributed by atoms with Crippen LogP contribution < -0.4 is 10.5 Å². The molecule has 12 heteroatoms. The standard InChI is InChI=1S/C15H8ClF4N3O3.C3H9N.CH4/c16-9-3-7(15(18,19)20)4-10(17)14(9)26-8-1-2-11-12(5-8)23(22-21-11)6-13(24)25;1-3(2)4;/h1-5H,6H2,(H,24,25);3H,4H2,1-2H3;1H4. The highest BCUT2D eigenvalue weighted by Crippen LogP contribution is 2.38. The Labute approximate surface area is 180 Å². The first-order valence-corrected chi connectivity index (χ1v) is 8.81. The molecule has 3 N–H and O–H groups in total. The number of carboxylic acid groups (broad SMARTS) is 1. The van der Waals surface area contributed by atoms with E-state index < -0.39 is 40.8 Å². The van der Waals surface area contributed by atoms with E-state index in [9.17, 15) is 22.4 Å². The summed E-state index contributed by atoms with van der Waals surface area (Å²) < 4.78 is 58.3. The molecule has 0 fully saturated rings. The lowest BCUT2D eigenvalue weighted by Crippen LogP contribution is -2.10. The summed E-state index contributed by atoms with van der Waals surface area (Å²) in [6.45, 7) is 3.43. The Kier molecular flexibility index (Phi) is 8.76. The Hall–Kier alpha value is -2.92. The molecule has 3 aromatic rings. The molecule has 0 spiro atoms. The number of nitrogens with two attached hydrogens (primary N) is 1. The van der Waals surface area contributed by atoms with Crippen LogP contribution in [-0.2, 0) is 17.5 Å². The average molecular weight is 465 g/mol. The third-order valence-electron chi connectivity index (χ3n) is 3.32. The molecule has 0 aliphatic heterocycles. The van der Waals surface area contributed by atoms with E-state index in [1.54, 1.807) is 0 Å². The van der Waals surface area contributed by atoms with Gasteiger partial charge >= 0.3 is 12.1 Å². The van der Waals surface area contributed by atoms with Gasteiger partial charge in [0.05, 0.1) is 16.1 Å². The van der Waals surface area contributed by atoms with Crippen molar-refractivity contribution >= 4 is 28.6 Å². The lowest BCUT2D eigenvalue weighted by atomic mass is 10.2. The maximum absolute atomic E-state index is 14.0. The van der Waals surface area contributed by atoms with Gasteiger partial charge in [-0.05, 0) is 30.3 Å². The molecule has 1 aromatic heterocycles. The highest BCUT2D eigenvalue weighted by Gasteiger charge is 2.32. The molecule has 0 atom stereocenters. The predicted octanol–water partition coefficient (Wildman–Crippen LogP) is 5.11. The van der Waals surface area contributed by atoms with Crippen molar-refractivity contribution in [3.63, 3.8) is 0 Å². The molecule has 31 heavy (non-hydrogen) atoms. The Morgan fingerprint density at radius 3 is 2.42 bits per heavy atom. The zero-order valence-electron chi connectivity index (χ0n) is 15.7. The number of hydrogen-bond donors (Lipinski definition) is 2. The monoisotopic (exact) mass is 464 g/mol. The second kappa shape index (κ2) is 10.4. The van der Waals surface area contributed by atoms with E-state index in [2.05, 4.69) is 10.3 Å². The van der Waals surface area contributed by atoms with E-state index in [-0.39, 0.29) is 24.8 Å². The van der Waals surface area contributed by atoms with Crippen molar-refractivity contribution in [1.29, 1.82) is 0 Å². The number of carboxylic acids is 1. The van der Waals surface area contributed by atoms with Crippen LogP contribution in [0.3, 0.4) is 0 Å². The van der Waals surface area contributed by atoms with Gasteiger partial charge < -0.3 is 15.6 Å². The number of alkyl halides is 3. The van der Waals surface area contributed by atoms with Crippen molar-refractivity contribution in [2.24, 2.45) is 5.73 Å². The van der Waals surface area contributed by atoms with Crippen LogP contribution in [0.15, 0.2) is 30.3 Å². The summed E-state index contributed by atoms with van der Waals surface area (Å²) in [5.41, 5.74) is 4.51. The smallest absolute Gasteiger partial charge is 0.416 e. The quantitative estimate of drug-likeness (QED) is 0.520. The van der Waals surface area contributed by atoms with Gasteiger partial charge in [-0.2, -0.15) is 13.2 Å². The number of rotatable bonds is 4. The van der Waals surface area contributed by atoms with Gasteiger partial charge in [-0.15, -0.1) is 5.10 Å². The van der Waals surface area contributed by atoms with Crippen LogP contribution in [0.2, 0.25) is 5.02 Å². The SMILES string of the molecule is C.CC(C)N.O=C(O)Cn1nnc2ccc(Oc3c(F)cc(C(F)(F)F)cc3Cl)cc21. The fourth-order valence-corrected chi connectivity index (χ4v) is 2.44. The van der Waals surface area contributed by atoms with Crippen LogP contribution in [-0.4, -0.2) is 32.1 Å². The molecule has 0 aliphatic carbocycles. The number of ether oxygens (including phenoxy) is 1. The normalized spacial score (nSPS) is 11.0. The van der Waals surface area contributed by atoms with Gasteiger partial charge in [0.15, 0.2) is 11.6 Å². The first-order chi connectivity index (χ1) is 13.9. The average Bonchev–Trinajstić information content (AvgIpc) is 2.98. The number of carbonyl (C=O) groups is 1. The molecular formula is C19H21ClF4N4O3. The number of aromatic nitrogens is 3. The van der Waals surface area contributed by atoms with Crippen molar-refractivity contribution in [3.8, 4) is 11.5 Å². The van der Waals surface area contributed by atoms with Crippen LogP contribution in [0, 0.1) is 5.82 Å². The number of hydrogen-bond acceptors (Lipinski definition) is 5. The maximum atomic E-state index is 14.0. The highest BCUT2D eigenvalue weighted by atomic mass is 35.5. The van der Waals surface area contributed by atoms with Gasteiger partial charge in [-0.25, -0.2) is 9.07 Å². The van der Waals surface area contributed by atoms with Crippen LogP contribution in [0.1, 0.15) is 26.8 Å². The molecule has 0 saturated carbocycles. The largest absolute Gasteiger partial charge is 0.480 e. The Morgan fingerprint density at radius 2 is 1.90 bits per heavy atom. The maximum Gasteiger partial charge on any atom is 0.416 e. The van der Waals surface area contributed by atoms with Gasteiger partial charge in [0.2, 0.25) is 0 Å². The van der Waals surface area contributed by atoms with Crippen LogP contribution in [0.4, 0.5) is 17.6 Å².